The van der Waals surface area contributed by atoms with Crippen molar-refractivity contribution >= 4 is 11.8 Å². The van der Waals surface area contributed by atoms with Gasteiger partial charge in [-0.25, -0.2) is 0 Å². The summed E-state index contributed by atoms with van der Waals surface area (Å²) in [5.41, 5.74) is 7.95. The number of pyridine rings is 1. The van der Waals surface area contributed by atoms with E-state index in [-0.39, 0.29) is 12.4 Å². The van der Waals surface area contributed by atoms with E-state index in [1.165, 1.54) is 6.08 Å². The van der Waals surface area contributed by atoms with Crippen LogP contribution in [0.3, 0.4) is 0 Å². The Labute approximate surface area is 75.9 Å². The van der Waals surface area contributed by atoms with Gasteiger partial charge in [0, 0.05) is 11.8 Å². The highest BCUT2D eigenvalue weighted by atomic mass is 14.7. The van der Waals surface area contributed by atoms with Crippen LogP contribution >= 0.6 is 0 Å². The van der Waals surface area contributed by atoms with E-state index in [9.17, 15) is 0 Å². The molecular weight excluding hydrogens is 148 g/mol. The van der Waals surface area contributed by atoms with Crippen molar-refractivity contribution in [3.8, 4) is 0 Å². The largest absolute Gasteiger partial charge is 0.397 e. The van der Waals surface area contributed by atoms with E-state index >= 15 is 0 Å². The van der Waals surface area contributed by atoms with Gasteiger partial charge in [0.15, 0.2) is 0 Å². The number of nitrogens with zero attached hydrogens (tertiary/aromatic N) is 1. The molecule has 0 saturated heterocycles. The first-order valence-electron chi connectivity index (χ1n) is 4.91. The zero-order chi connectivity index (χ0) is 10.7. The second kappa shape index (κ2) is 3.39. The van der Waals surface area contributed by atoms with Crippen LogP contribution in [0.1, 0.15) is 33.8 Å². The van der Waals surface area contributed by atoms with Crippen LogP contribution in [-0.2, 0) is 0 Å². The first-order chi connectivity index (χ1) is 6.52. The lowest BCUT2D eigenvalue weighted by Crippen LogP contribution is -2.01. The van der Waals surface area contributed by atoms with E-state index in [0.717, 1.165) is 5.69 Å². The molecule has 2 heteroatoms. The van der Waals surface area contributed by atoms with Crippen LogP contribution in [0.25, 0.3) is 6.08 Å². The Bertz CT molecular complexity index is 355. The predicted molar refractivity (Wildman–Crippen MR) is 52.8 cm³/mol. The molecule has 0 spiro atoms. The third-order valence-electron chi connectivity index (χ3n) is 1.76. The zero-order valence-corrected chi connectivity index (χ0v) is 7.33. The van der Waals surface area contributed by atoms with Crippen LogP contribution in [0.5, 0.6) is 0 Å². The van der Waals surface area contributed by atoms with E-state index in [4.69, 9.17) is 8.48 Å². The maximum Gasteiger partial charge on any atom is 0.0664 e. The van der Waals surface area contributed by atoms with Crippen LogP contribution in [0.2, 0.25) is 0 Å². The number of rotatable bonds is 2. The standard InChI is InChI=1S/C10H14N2/c1-4-8-5-6-12-10(7(2)3)9(8)11/h4-7H,1,11H2,2-3H3/i1D2. The molecule has 0 bridgehead atoms. The zero-order valence-electron chi connectivity index (χ0n) is 9.33. The number of anilines is 1. The molecule has 0 amide bonds. The number of nitrogen functional groups attached to an aromatic ring is 1. The molecule has 0 radical (unpaired) electrons. The van der Waals surface area contributed by atoms with Crippen LogP contribution in [-0.4, -0.2) is 4.98 Å². The van der Waals surface area contributed by atoms with Gasteiger partial charge >= 0.3 is 0 Å². The maximum absolute atomic E-state index is 7.04. The Hall–Kier alpha value is -1.31. The van der Waals surface area contributed by atoms with Crippen molar-refractivity contribution in [3.05, 3.63) is 30.1 Å². The summed E-state index contributed by atoms with van der Waals surface area (Å²) >= 11 is 0. The van der Waals surface area contributed by atoms with Crippen LogP contribution < -0.4 is 5.73 Å². The minimum atomic E-state index is -0.252. The monoisotopic (exact) mass is 164 g/mol. The molecule has 64 valence electrons. The predicted octanol–water partition coefficient (Wildman–Crippen LogP) is 2.43. The molecule has 0 aliphatic carbocycles. The van der Waals surface area contributed by atoms with Crippen molar-refractivity contribution in [2.24, 2.45) is 0 Å². The number of nitrogens with two attached hydrogens (primary N) is 1. The molecule has 0 aliphatic rings. The van der Waals surface area contributed by atoms with Crippen LogP contribution in [0, 0.1) is 0 Å². The van der Waals surface area contributed by atoms with E-state index in [1.807, 2.05) is 13.8 Å². The lowest BCUT2D eigenvalue weighted by molar-refractivity contribution is 0.826. The van der Waals surface area contributed by atoms with Gasteiger partial charge < -0.3 is 5.73 Å². The van der Waals surface area contributed by atoms with Crippen molar-refractivity contribution in [1.29, 1.82) is 0 Å². The molecule has 12 heavy (non-hydrogen) atoms. The quantitative estimate of drug-likeness (QED) is 0.729. The van der Waals surface area contributed by atoms with Crippen molar-refractivity contribution < 1.29 is 2.74 Å². The summed E-state index contributed by atoms with van der Waals surface area (Å²) < 4.78 is 14.1. The van der Waals surface area contributed by atoms with Gasteiger partial charge in [0.25, 0.3) is 0 Å². The lowest BCUT2D eigenvalue weighted by atomic mass is 10.0. The van der Waals surface area contributed by atoms with Gasteiger partial charge in [-0.15, -0.1) is 0 Å². The summed E-state index contributed by atoms with van der Waals surface area (Å²) in [6.45, 7) is 3.76. The van der Waals surface area contributed by atoms with Crippen molar-refractivity contribution in [2.45, 2.75) is 19.8 Å². The van der Waals surface area contributed by atoms with E-state index in [2.05, 4.69) is 4.98 Å². The highest BCUT2D eigenvalue weighted by Crippen LogP contribution is 2.22. The van der Waals surface area contributed by atoms with Crippen LogP contribution in [0.4, 0.5) is 5.69 Å². The van der Waals surface area contributed by atoms with Gasteiger partial charge in [0.1, 0.15) is 0 Å². The molecule has 0 fully saturated rings. The van der Waals surface area contributed by atoms with Gasteiger partial charge in [0.05, 0.1) is 14.1 Å². The Morgan fingerprint density at radius 2 is 2.50 bits per heavy atom. The third-order valence-corrected chi connectivity index (χ3v) is 1.76. The summed E-state index contributed by atoms with van der Waals surface area (Å²) in [6.07, 6.45) is 3.07. The Kier molecular flexibility index (Phi) is 1.76. The highest BCUT2D eigenvalue weighted by Gasteiger charge is 2.06. The highest BCUT2D eigenvalue weighted by molar-refractivity contribution is 5.65. The summed E-state index contributed by atoms with van der Waals surface area (Å²) in [4.78, 5) is 4.17. The fourth-order valence-electron chi connectivity index (χ4n) is 1.09. The summed E-state index contributed by atoms with van der Waals surface area (Å²) in [5.74, 6) is 0.253. The Morgan fingerprint density at radius 1 is 1.75 bits per heavy atom. The lowest BCUT2D eigenvalue weighted by Gasteiger charge is -2.09. The van der Waals surface area contributed by atoms with Crippen LogP contribution in [0.15, 0.2) is 18.8 Å². The van der Waals surface area contributed by atoms with Gasteiger partial charge in [-0.3, -0.25) is 4.98 Å². The normalized spacial score (nSPS) is 12.2. The molecule has 1 rings (SSSR count). The third kappa shape index (κ3) is 1.47. The second-order valence-corrected chi connectivity index (χ2v) is 3.00. The first kappa shape index (κ1) is 6.23. The maximum atomic E-state index is 7.04. The summed E-state index contributed by atoms with van der Waals surface area (Å²) in [6, 6.07) is 1.71. The molecule has 0 saturated carbocycles. The fourth-order valence-corrected chi connectivity index (χ4v) is 1.09. The second-order valence-electron chi connectivity index (χ2n) is 3.00. The molecule has 0 aliphatic heterocycles. The molecule has 2 N–H and O–H groups in total. The molecular formula is C10H14N2. The summed E-state index contributed by atoms with van der Waals surface area (Å²) in [7, 11) is 0. The number of aromatic nitrogens is 1. The summed E-state index contributed by atoms with van der Waals surface area (Å²) in [5, 5.41) is 0. The van der Waals surface area contributed by atoms with E-state index in [1.54, 1.807) is 12.3 Å². The number of hydrogen-bond donors (Lipinski definition) is 1. The van der Waals surface area contributed by atoms with Gasteiger partial charge in [-0.05, 0) is 12.0 Å². The van der Waals surface area contributed by atoms with E-state index < -0.39 is 0 Å². The minimum absolute atomic E-state index is 0.252. The Balaban J connectivity index is 3.21. The van der Waals surface area contributed by atoms with Crippen molar-refractivity contribution in [3.63, 3.8) is 0 Å². The molecule has 0 aromatic carbocycles. The minimum Gasteiger partial charge on any atom is -0.397 e. The molecule has 1 aromatic heterocycles. The average molecular weight is 164 g/mol. The molecule has 1 heterocycles. The van der Waals surface area contributed by atoms with Crippen molar-refractivity contribution in [1.82, 2.24) is 4.98 Å². The van der Waals surface area contributed by atoms with E-state index in [0.29, 0.717) is 11.3 Å². The van der Waals surface area contributed by atoms with Gasteiger partial charge in [0.2, 0.25) is 0 Å². The number of hydrogen-bond acceptors (Lipinski definition) is 2. The SMILES string of the molecule is [2H]C([2H])=Cc1ccnc(C(C)C)c1N. The van der Waals surface area contributed by atoms with Crippen molar-refractivity contribution in [2.75, 3.05) is 5.73 Å². The smallest absolute Gasteiger partial charge is 0.0664 e. The molecule has 0 atom stereocenters. The first-order valence-corrected chi connectivity index (χ1v) is 3.91. The van der Waals surface area contributed by atoms with Gasteiger partial charge in [-0.2, -0.15) is 0 Å². The molecule has 2 nitrogen and oxygen atoms in total. The molecule has 0 unspecified atom stereocenters. The molecule has 1 aromatic rings. The average Bonchev–Trinajstić information content (AvgIpc) is 2.07. The topological polar surface area (TPSA) is 38.9 Å². The fraction of sp³-hybridized carbons (Fsp3) is 0.300. The Morgan fingerprint density at radius 3 is 3.08 bits per heavy atom. The van der Waals surface area contributed by atoms with Gasteiger partial charge in [-0.1, -0.05) is 26.5 Å².